The van der Waals surface area contributed by atoms with Crippen LogP contribution in [0.5, 0.6) is 5.75 Å². The number of carbonyl (C=O) groups is 1. The van der Waals surface area contributed by atoms with Gasteiger partial charge in [0.15, 0.2) is 0 Å². The third-order valence-corrected chi connectivity index (χ3v) is 5.89. The standard InChI is InChI=1S/C18H20N2O4S/c1-10-7-16(24-4)17(8-11(10)2)25(22,23)20-13-5-6-15-14(9-13)12(3)18(21)19-15/h5-9,12,20H,1-4H3,(H,19,21). The van der Waals surface area contributed by atoms with Gasteiger partial charge in [0.05, 0.1) is 13.0 Å². The van der Waals surface area contributed by atoms with Gasteiger partial charge in [-0.05, 0) is 67.8 Å². The number of aryl methyl sites for hydroxylation is 2. The summed E-state index contributed by atoms with van der Waals surface area (Å²) in [5.74, 6) is -0.108. The van der Waals surface area contributed by atoms with Crippen molar-refractivity contribution in [3.63, 3.8) is 0 Å². The molecule has 25 heavy (non-hydrogen) atoms. The molecule has 1 unspecified atom stereocenters. The molecule has 0 fully saturated rings. The fourth-order valence-electron chi connectivity index (χ4n) is 2.82. The zero-order valence-corrected chi connectivity index (χ0v) is 15.3. The van der Waals surface area contributed by atoms with Crippen LogP contribution in [-0.2, 0) is 14.8 Å². The topological polar surface area (TPSA) is 84.5 Å². The molecule has 2 aromatic rings. The molecule has 0 spiro atoms. The average molecular weight is 360 g/mol. The number of ether oxygens (including phenoxy) is 1. The van der Waals surface area contributed by atoms with Crippen molar-refractivity contribution in [2.24, 2.45) is 0 Å². The second kappa shape index (κ2) is 6.07. The first-order chi connectivity index (χ1) is 11.7. The zero-order valence-electron chi connectivity index (χ0n) is 14.5. The number of anilines is 2. The van der Waals surface area contributed by atoms with Crippen molar-refractivity contribution in [3.05, 3.63) is 47.0 Å². The van der Waals surface area contributed by atoms with Gasteiger partial charge in [-0.3, -0.25) is 9.52 Å². The first-order valence-electron chi connectivity index (χ1n) is 7.86. The lowest BCUT2D eigenvalue weighted by Gasteiger charge is -2.14. The second-order valence-electron chi connectivity index (χ2n) is 6.21. The maximum Gasteiger partial charge on any atom is 0.265 e. The van der Waals surface area contributed by atoms with Gasteiger partial charge in [-0.2, -0.15) is 0 Å². The lowest BCUT2D eigenvalue weighted by molar-refractivity contribution is -0.116. The van der Waals surface area contributed by atoms with Crippen LogP contribution in [0.4, 0.5) is 11.4 Å². The van der Waals surface area contributed by atoms with Crippen LogP contribution in [0.15, 0.2) is 35.2 Å². The van der Waals surface area contributed by atoms with Crippen LogP contribution in [0.2, 0.25) is 0 Å². The van der Waals surface area contributed by atoms with Crippen LogP contribution in [0, 0.1) is 13.8 Å². The number of sulfonamides is 1. The minimum absolute atomic E-state index is 0.0841. The monoisotopic (exact) mass is 360 g/mol. The molecule has 1 aliphatic heterocycles. The highest BCUT2D eigenvalue weighted by Gasteiger charge is 2.27. The van der Waals surface area contributed by atoms with Crippen molar-refractivity contribution >= 4 is 27.3 Å². The largest absolute Gasteiger partial charge is 0.495 e. The van der Waals surface area contributed by atoms with Crippen LogP contribution >= 0.6 is 0 Å². The number of carbonyl (C=O) groups excluding carboxylic acids is 1. The quantitative estimate of drug-likeness (QED) is 0.877. The fourth-order valence-corrected chi connectivity index (χ4v) is 4.11. The van der Waals surface area contributed by atoms with Crippen LogP contribution in [0.3, 0.4) is 0 Å². The third kappa shape index (κ3) is 3.07. The van der Waals surface area contributed by atoms with Crippen molar-refractivity contribution in [1.29, 1.82) is 0 Å². The summed E-state index contributed by atoms with van der Waals surface area (Å²) < 4.78 is 33.4. The summed E-state index contributed by atoms with van der Waals surface area (Å²) in [5.41, 5.74) is 3.70. The van der Waals surface area contributed by atoms with E-state index in [-0.39, 0.29) is 16.7 Å². The molecule has 132 valence electrons. The first kappa shape index (κ1) is 17.3. The highest BCUT2D eigenvalue weighted by atomic mass is 32.2. The molecule has 0 radical (unpaired) electrons. The molecule has 1 heterocycles. The summed E-state index contributed by atoms with van der Waals surface area (Å²) in [7, 11) is -2.38. The predicted molar refractivity (Wildman–Crippen MR) is 96.8 cm³/mol. The molecule has 0 saturated carbocycles. The lowest BCUT2D eigenvalue weighted by atomic mass is 10.0. The molecule has 3 rings (SSSR count). The smallest absolute Gasteiger partial charge is 0.265 e. The number of benzene rings is 2. The van der Waals surface area contributed by atoms with E-state index >= 15 is 0 Å². The Bertz CT molecular complexity index is 967. The maximum atomic E-state index is 12.8. The molecule has 7 heteroatoms. The van der Waals surface area contributed by atoms with E-state index in [1.54, 1.807) is 37.3 Å². The number of hydrogen-bond donors (Lipinski definition) is 2. The van der Waals surface area contributed by atoms with Crippen LogP contribution < -0.4 is 14.8 Å². The Kier molecular flexibility index (Phi) is 4.20. The van der Waals surface area contributed by atoms with Gasteiger partial charge in [-0.15, -0.1) is 0 Å². The van der Waals surface area contributed by atoms with Crippen molar-refractivity contribution < 1.29 is 17.9 Å². The van der Waals surface area contributed by atoms with Crippen LogP contribution in [0.1, 0.15) is 29.5 Å². The van der Waals surface area contributed by atoms with E-state index < -0.39 is 10.0 Å². The molecule has 1 aliphatic rings. The van der Waals surface area contributed by atoms with Crippen molar-refractivity contribution in [3.8, 4) is 5.75 Å². The van der Waals surface area contributed by atoms with Gasteiger partial charge < -0.3 is 10.1 Å². The second-order valence-corrected chi connectivity index (χ2v) is 7.86. The maximum absolute atomic E-state index is 12.8. The molecule has 1 atom stereocenters. The van der Waals surface area contributed by atoms with E-state index in [0.717, 1.165) is 16.7 Å². The normalized spacial score (nSPS) is 16.3. The SMILES string of the molecule is COc1cc(C)c(C)cc1S(=O)(=O)Nc1ccc2c(c1)C(C)C(=O)N2. The van der Waals surface area contributed by atoms with Gasteiger partial charge in [0, 0.05) is 11.4 Å². The zero-order chi connectivity index (χ0) is 18.4. The minimum atomic E-state index is -3.82. The lowest BCUT2D eigenvalue weighted by Crippen LogP contribution is -2.15. The Hall–Kier alpha value is -2.54. The van der Waals surface area contributed by atoms with E-state index in [1.807, 2.05) is 13.8 Å². The number of rotatable bonds is 4. The number of amides is 1. The van der Waals surface area contributed by atoms with E-state index in [9.17, 15) is 13.2 Å². The molecule has 0 aliphatic carbocycles. The van der Waals surface area contributed by atoms with E-state index in [2.05, 4.69) is 10.0 Å². The Labute approximate surface area is 147 Å². The number of hydrogen-bond acceptors (Lipinski definition) is 4. The van der Waals surface area contributed by atoms with Gasteiger partial charge in [0.2, 0.25) is 5.91 Å². The molecule has 0 aromatic heterocycles. The van der Waals surface area contributed by atoms with Gasteiger partial charge in [-0.1, -0.05) is 0 Å². The summed E-state index contributed by atoms with van der Waals surface area (Å²) >= 11 is 0. The molecule has 6 nitrogen and oxygen atoms in total. The molecule has 2 aromatic carbocycles. The van der Waals surface area contributed by atoms with Crippen molar-refractivity contribution in [2.75, 3.05) is 17.1 Å². The van der Waals surface area contributed by atoms with E-state index in [0.29, 0.717) is 17.1 Å². The summed E-state index contributed by atoms with van der Waals surface area (Å²) in [6.07, 6.45) is 0. The highest BCUT2D eigenvalue weighted by Crippen LogP contribution is 2.35. The van der Waals surface area contributed by atoms with E-state index in [4.69, 9.17) is 4.74 Å². The summed E-state index contributed by atoms with van der Waals surface area (Å²) in [5, 5.41) is 2.76. The number of methoxy groups -OCH3 is 1. The molecule has 2 N–H and O–H groups in total. The van der Waals surface area contributed by atoms with E-state index in [1.165, 1.54) is 7.11 Å². The molecule has 0 bridgehead atoms. The van der Waals surface area contributed by atoms with Crippen molar-refractivity contribution in [1.82, 2.24) is 0 Å². The fraction of sp³-hybridized carbons (Fsp3) is 0.278. The summed E-state index contributed by atoms with van der Waals surface area (Å²) in [4.78, 5) is 11.8. The van der Waals surface area contributed by atoms with Gasteiger partial charge in [0.1, 0.15) is 10.6 Å². The van der Waals surface area contributed by atoms with Gasteiger partial charge >= 0.3 is 0 Å². The minimum Gasteiger partial charge on any atom is -0.495 e. The number of fused-ring (bicyclic) bond motifs is 1. The number of nitrogens with one attached hydrogen (secondary N) is 2. The van der Waals surface area contributed by atoms with Crippen molar-refractivity contribution in [2.45, 2.75) is 31.6 Å². The molecular formula is C18H20N2O4S. The highest BCUT2D eigenvalue weighted by molar-refractivity contribution is 7.92. The summed E-state index contributed by atoms with van der Waals surface area (Å²) in [6, 6.07) is 8.31. The Morgan fingerprint density at radius 2 is 1.80 bits per heavy atom. The Morgan fingerprint density at radius 3 is 2.48 bits per heavy atom. The Balaban J connectivity index is 1.99. The van der Waals surface area contributed by atoms with Gasteiger partial charge in [0.25, 0.3) is 10.0 Å². The average Bonchev–Trinajstić information content (AvgIpc) is 2.84. The van der Waals surface area contributed by atoms with Crippen LogP contribution in [0.25, 0.3) is 0 Å². The third-order valence-electron chi connectivity index (χ3n) is 4.49. The predicted octanol–water partition coefficient (Wildman–Crippen LogP) is 3.17. The summed E-state index contributed by atoms with van der Waals surface area (Å²) in [6.45, 7) is 5.53. The Morgan fingerprint density at radius 1 is 1.12 bits per heavy atom. The first-order valence-corrected chi connectivity index (χ1v) is 9.34. The van der Waals surface area contributed by atoms with Crippen LogP contribution in [-0.4, -0.2) is 21.4 Å². The molecule has 0 saturated heterocycles. The molecular weight excluding hydrogens is 340 g/mol. The van der Waals surface area contributed by atoms with Gasteiger partial charge in [-0.25, -0.2) is 8.42 Å². The molecule has 1 amide bonds.